The molecule has 0 saturated carbocycles. The molecule has 2 saturated heterocycles. The molecule has 4 heteroatoms. The van der Waals surface area contributed by atoms with Crippen LogP contribution < -0.4 is 10.2 Å². The van der Waals surface area contributed by atoms with Crippen molar-refractivity contribution >= 4 is 11.6 Å². The number of piperazine rings is 1. The van der Waals surface area contributed by atoms with Gasteiger partial charge in [0.15, 0.2) is 0 Å². The van der Waals surface area contributed by atoms with Gasteiger partial charge in [-0.25, -0.2) is 0 Å². The van der Waals surface area contributed by atoms with Crippen LogP contribution in [-0.4, -0.2) is 49.6 Å². The topological polar surface area (TPSA) is 35.6 Å². The Morgan fingerprint density at radius 1 is 1.10 bits per heavy atom. The first kappa shape index (κ1) is 14.4. The van der Waals surface area contributed by atoms with Crippen molar-refractivity contribution in [2.75, 3.05) is 37.6 Å². The van der Waals surface area contributed by atoms with E-state index in [1.807, 2.05) is 17.0 Å². The van der Waals surface area contributed by atoms with E-state index in [2.05, 4.69) is 29.3 Å². The van der Waals surface area contributed by atoms with E-state index in [-0.39, 0.29) is 5.91 Å². The Kier molecular flexibility index (Phi) is 4.44. The Hall–Kier alpha value is -1.55. The monoisotopic (exact) mass is 287 g/mol. The molecule has 1 aromatic rings. The van der Waals surface area contributed by atoms with Crippen LogP contribution in [0.5, 0.6) is 0 Å². The highest BCUT2D eigenvalue weighted by Crippen LogP contribution is 2.20. The molecule has 114 valence electrons. The van der Waals surface area contributed by atoms with Gasteiger partial charge in [-0.3, -0.25) is 4.79 Å². The number of carbonyl (C=O) groups excluding carboxylic acids is 1. The second-order valence-corrected chi connectivity index (χ2v) is 6.20. The normalized spacial score (nSPS) is 23.2. The number of carbonyl (C=O) groups is 1. The average molecular weight is 287 g/mol. The van der Waals surface area contributed by atoms with Crippen LogP contribution in [0.15, 0.2) is 24.3 Å². The lowest BCUT2D eigenvalue weighted by Gasteiger charge is -2.32. The van der Waals surface area contributed by atoms with Crippen molar-refractivity contribution in [2.45, 2.75) is 32.2 Å². The molecule has 2 aliphatic rings. The van der Waals surface area contributed by atoms with Crippen molar-refractivity contribution in [3.8, 4) is 0 Å². The van der Waals surface area contributed by atoms with Gasteiger partial charge in [0.05, 0.1) is 0 Å². The second-order valence-electron chi connectivity index (χ2n) is 6.20. The highest BCUT2D eigenvalue weighted by atomic mass is 16.2. The summed E-state index contributed by atoms with van der Waals surface area (Å²) in [5, 5.41) is 3.37. The van der Waals surface area contributed by atoms with Gasteiger partial charge in [0.2, 0.25) is 0 Å². The van der Waals surface area contributed by atoms with Crippen molar-refractivity contribution in [3.63, 3.8) is 0 Å². The summed E-state index contributed by atoms with van der Waals surface area (Å²) in [5.41, 5.74) is 2.06. The first-order valence-electron chi connectivity index (χ1n) is 8.12. The van der Waals surface area contributed by atoms with Gasteiger partial charge in [0, 0.05) is 50.0 Å². The third kappa shape index (κ3) is 3.38. The molecule has 0 aliphatic carbocycles. The van der Waals surface area contributed by atoms with E-state index in [9.17, 15) is 4.79 Å². The molecule has 1 atom stereocenters. The van der Waals surface area contributed by atoms with Crippen LogP contribution in [0.25, 0.3) is 0 Å². The number of piperidine rings is 1. The predicted octanol–water partition coefficient (Wildman–Crippen LogP) is 2.11. The summed E-state index contributed by atoms with van der Waals surface area (Å²) in [6, 6.07) is 8.56. The fourth-order valence-electron chi connectivity index (χ4n) is 3.27. The Labute approximate surface area is 127 Å². The summed E-state index contributed by atoms with van der Waals surface area (Å²) in [6.45, 7) is 6.90. The summed E-state index contributed by atoms with van der Waals surface area (Å²) < 4.78 is 0. The lowest BCUT2D eigenvalue weighted by Crippen LogP contribution is -2.51. The summed E-state index contributed by atoms with van der Waals surface area (Å²) in [5.74, 6) is 0.161. The van der Waals surface area contributed by atoms with Crippen LogP contribution in [0.3, 0.4) is 0 Å². The molecule has 1 N–H and O–H groups in total. The van der Waals surface area contributed by atoms with E-state index in [1.165, 1.54) is 24.9 Å². The molecule has 1 amide bonds. The molecule has 3 rings (SSSR count). The largest absolute Gasteiger partial charge is 0.372 e. The van der Waals surface area contributed by atoms with Gasteiger partial charge in [-0.05, 0) is 50.5 Å². The van der Waals surface area contributed by atoms with Crippen LogP contribution in [0.4, 0.5) is 5.69 Å². The molecule has 0 aromatic heterocycles. The smallest absolute Gasteiger partial charge is 0.253 e. The van der Waals surface area contributed by atoms with E-state index < -0.39 is 0 Å². The van der Waals surface area contributed by atoms with Crippen LogP contribution in [0.1, 0.15) is 36.5 Å². The molecule has 0 bridgehead atoms. The maximum absolute atomic E-state index is 12.5. The molecule has 21 heavy (non-hydrogen) atoms. The number of rotatable bonds is 2. The number of nitrogens with zero attached hydrogens (tertiary/aromatic N) is 2. The number of nitrogens with one attached hydrogen (secondary N) is 1. The number of benzene rings is 1. The Morgan fingerprint density at radius 3 is 2.48 bits per heavy atom. The van der Waals surface area contributed by atoms with Gasteiger partial charge in [0.25, 0.3) is 5.91 Å². The van der Waals surface area contributed by atoms with Crippen LogP contribution >= 0.6 is 0 Å². The fraction of sp³-hybridized carbons (Fsp3) is 0.588. The lowest BCUT2D eigenvalue weighted by atomic mass is 10.1. The minimum absolute atomic E-state index is 0.161. The lowest BCUT2D eigenvalue weighted by molar-refractivity contribution is 0.0709. The van der Waals surface area contributed by atoms with Crippen LogP contribution in [0, 0.1) is 0 Å². The zero-order valence-corrected chi connectivity index (χ0v) is 12.8. The second kappa shape index (κ2) is 6.48. The molecule has 2 fully saturated rings. The van der Waals surface area contributed by atoms with E-state index in [1.54, 1.807) is 0 Å². The minimum Gasteiger partial charge on any atom is -0.372 e. The maximum atomic E-state index is 12.5. The Morgan fingerprint density at radius 2 is 1.81 bits per heavy atom. The van der Waals surface area contributed by atoms with Crippen LogP contribution in [0.2, 0.25) is 0 Å². The SMILES string of the molecule is C[C@@H]1CN(C(=O)c2ccc(N3CCCCC3)cc2)CCN1. The van der Waals surface area contributed by atoms with Crippen molar-refractivity contribution in [1.29, 1.82) is 0 Å². The van der Waals surface area contributed by atoms with E-state index >= 15 is 0 Å². The standard InChI is InChI=1S/C17H25N3O/c1-14-13-20(12-9-18-14)17(21)15-5-7-16(8-6-15)19-10-3-2-4-11-19/h5-8,14,18H,2-4,9-13H2,1H3/t14-/m1/s1. The Balaban J connectivity index is 1.67. The predicted molar refractivity (Wildman–Crippen MR) is 85.9 cm³/mol. The molecular weight excluding hydrogens is 262 g/mol. The van der Waals surface area contributed by atoms with E-state index in [0.717, 1.165) is 38.3 Å². The molecule has 2 aliphatic heterocycles. The van der Waals surface area contributed by atoms with Gasteiger partial charge in [-0.2, -0.15) is 0 Å². The number of hydrogen-bond donors (Lipinski definition) is 1. The van der Waals surface area contributed by atoms with E-state index in [4.69, 9.17) is 0 Å². The quantitative estimate of drug-likeness (QED) is 0.905. The summed E-state index contributed by atoms with van der Waals surface area (Å²) in [6.07, 6.45) is 3.90. The van der Waals surface area contributed by atoms with Gasteiger partial charge in [-0.15, -0.1) is 0 Å². The zero-order valence-electron chi connectivity index (χ0n) is 12.8. The first-order valence-corrected chi connectivity index (χ1v) is 8.12. The third-order valence-corrected chi connectivity index (χ3v) is 4.49. The van der Waals surface area contributed by atoms with Gasteiger partial charge in [-0.1, -0.05) is 0 Å². The average Bonchev–Trinajstić information content (AvgIpc) is 2.55. The van der Waals surface area contributed by atoms with Gasteiger partial charge in [0.1, 0.15) is 0 Å². The summed E-state index contributed by atoms with van der Waals surface area (Å²) in [4.78, 5) is 16.9. The number of hydrogen-bond acceptors (Lipinski definition) is 3. The maximum Gasteiger partial charge on any atom is 0.253 e. The number of anilines is 1. The molecule has 2 heterocycles. The highest BCUT2D eigenvalue weighted by Gasteiger charge is 2.21. The van der Waals surface area contributed by atoms with Crippen LogP contribution in [-0.2, 0) is 0 Å². The van der Waals surface area contributed by atoms with Gasteiger partial charge < -0.3 is 15.1 Å². The molecule has 0 spiro atoms. The summed E-state index contributed by atoms with van der Waals surface area (Å²) >= 11 is 0. The molecule has 0 radical (unpaired) electrons. The molecule has 0 unspecified atom stereocenters. The minimum atomic E-state index is 0.161. The van der Waals surface area contributed by atoms with E-state index in [0.29, 0.717) is 6.04 Å². The molecular formula is C17H25N3O. The van der Waals surface area contributed by atoms with Crippen molar-refractivity contribution in [2.24, 2.45) is 0 Å². The zero-order chi connectivity index (χ0) is 14.7. The number of amides is 1. The molecule has 4 nitrogen and oxygen atoms in total. The highest BCUT2D eigenvalue weighted by molar-refractivity contribution is 5.94. The van der Waals surface area contributed by atoms with Crippen molar-refractivity contribution < 1.29 is 4.79 Å². The van der Waals surface area contributed by atoms with Crippen molar-refractivity contribution in [3.05, 3.63) is 29.8 Å². The fourth-order valence-corrected chi connectivity index (χ4v) is 3.27. The Bertz CT molecular complexity index is 479. The third-order valence-electron chi connectivity index (χ3n) is 4.49. The van der Waals surface area contributed by atoms with Crippen molar-refractivity contribution in [1.82, 2.24) is 10.2 Å². The van der Waals surface area contributed by atoms with Gasteiger partial charge >= 0.3 is 0 Å². The first-order chi connectivity index (χ1) is 10.2. The molecule has 1 aromatic carbocycles. The summed E-state index contributed by atoms with van der Waals surface area (Å²) in [7, 11) is 0.